The number of hydrogen-bond donors (Lipinski definition) is 2. The first-order chi connectivity index (χ1) is 9.94. The lowest BCUT2D eigenvalue weighted by atomic mass is 10.0. The predicted octanol–water partition coefficient (Wildman–Crippen LogP) is 1.48. The summed E-state index contributed by atoms with van der Waals surface area (Å²) >= 11 is 0. The molecule has 1 atom stereocenters. The smallest absolute Gasteiger partial charge is 0.239 e. The first kappa shape index (κ1) is 17.1. The maximum atomic E-state index is 11.8. The van der Waals surface area contributed by atoms with Crippen LogP contribution < -0.4 is 25.3 Å². The van der Waals surface area contributed by atoms with Gasteiger partial charge >= 0.3 is 0 Å². The molecule has 118 valence electrons. The molecule has 1 aromatic rings. The minimum atomic E-state index is -0.691. The number of nitrogens with two attached hydrogens (primary N) is 1. The summed E-state index contributed by atoms with van der Waals surface area (Å²) in [5.41, 5.74) is 6.11. The van der Waals surface area contributed by atoms with Gasteiger partial charge in [-0.1, -0.05) is 13.8 Å². The Morgan fingerprint density at radius 1 is 1.14 bits per heavy atom. The first-order valence-corrected chi connectivity index (χ1v) is 6.77. The van der Waals surface area contributed by atoms with Crippen LogP contribution in [0, 0.1) is 5.92 Å². The van der Waals surface area contributed by atoms with E-state index in [4.69, 9.17) is 19.9 Å². The lowest BCUT2D eigenvalue weighted by Gasteiger charge is -2.22. The summed E-state index contributed by atoms with van der Waals surface area (Å²) in [6.45, 7) is 4.74. The zero-order chi connectivity index (χ0) is 16.0. The molecule has 0 aliphatic carbocycles. The molecule has 0 radical (unpaired) electrons. The molecule has 0 aliphatic rings. The number of methoxy groups -OCH3 is 3. The highest BCUT2D eigenvalue weighted by Crippen LogP contribution is 2.38. The van der Waals surface area contributed by atoms with Gasteiger partial charge in [-0.25, -0.2) is 0 Å². The monoisotopic (exact) mass is 296 g/mol. The zero-order valence-electron chi connectivity index (χ0n) is 13.2. The van der Waals surface area contributed by atoms with Gasteiger partial charge in [-0.05, 0) is 12.5 Å². The number of benzene rings is 1. The van der Waals surface area contributed by atoms with Crippen molar-refractivity contribution in [2.45, 2.75) is 19.9 Å². The highest BCUT2D eigenvalue weighted by atomic mass is 16.5. The molecule has 1 amide bonds. The highest BCUT2D eigenvalue weighted by molar-refractivity contribution is 5.83. The average Bonchev–Trinajstić information content (AvgIpc) is 2.46. The topological polar surface area (TPSA) is 82.8 Å². The Bertz CT molecular complexity index is 464. The molecule has 0 aliphatic heterocycles. The Balaban J connectivity index is 3.30. The largest absolute Gasteiger partial charge is 0.496 e. The molecule has 1 aromatic carbocycles. The molecular weight excluding hydrogens is 272 g/mol. The summed E-state index contributed by atoms with van der Waals surface area (Å²) in [5.74, 6) is 1.46. The van der Waals surface area contributed by atoms with Gasteiger partial charge < -0.3 is 25.3 Å². The molecule has 0 spiro atoms. The van der Waals surface area contributed by atoms with Gasteiger partial charge in [0.1, 0.15) is 23.3 Å². The van der Waals surface area contributed by atoms with E-state index in [1.54, 1.807) is 19.2 Å². The lowest BCUT2D eigenvalue weighted by Crippen LogP contribution is -2.36. The predicted molar refractivity (Wildman–Crippen MR) is 80.9 cm³/mol. The van der Waals surface area contributed by atoms with Crippen LogP contribution in [0.15, 0.2) is 12.1 Å². The fraction of sp³-hybridized carbons (Fsp3) is 0.533. The molecule has 21 heavy (non-hydrogen) atoms. The van der Waals surface area contributed by atoms with Crippen LogP contribution in [0.5, 0.6) is 17.2 Å². The lowest BCUT2D eigenvalue weighted by molar-refractivity contribution is -0.120. The summed E-state index contributed by atoms with van der Waals surface area (Å²) in [6.07, 6.45) is 0. The van der Waals surface area contributed by atoms with Gasteiger partial charge in [-0.3, -0.25) is 4.79 Å². The molecule has 1 rings (SSSR count). The molecule has 0 aromatic heterocycles. The standard InChI is InChI=1S/C15H24N2O4/c1-9(2)8-17-14(15(16)18)13-11(20-4)6-10(19-3)7-12(13)21-5/h6-7,9,14,17H,8H2,1-5H3,(H2,16,18). The van der Waals surface area contributed by atoms with Crippen LogP contribution in [0.4, 0.5) is 0 Å². The van der Waals surface area contributed by atoms with Crippen LogP contribution in [-0.4, -0.2) is 33.8 Å². The van der Waals surface area contributed by atoms with Crippen molar-refractivity contribution < 1.29 is 19.0 Å². The number of carbonyl (C=O) groups is 1. The number of rotatable bonds is 8. The Morgan fingerprint density at radius 3 is 2.00 bits per heavy atom. The number of nitrogens with one attached hydrogen (secondary N) is 1. The van der Waals surface area contributed by atoms with Crippen molar-refractivity contribution in [1.29, 1.82) is 0 Å². The van der Waals surface area contributed by atoms with E-state index in [1.165, 1.54) is 14.2 Å². The van der Waals surface area contributed by atoms with E-state index in [1.807, 2.05) is 13.8 Å². The van der Waals surface area contributed by atoms with Crippen molar-refractivity contribution >= 4 is 5.91 Å². The second-order valence-corrected chi connectivity index (χ2v) is 5.08. The summed E-state index contributed by atoms with van der Waals surface area (Å²) < 4.78 is 15.9. The molecule has 3 N–H and O–H groups in total. The fourth-order valence-electron chi connectivity index (χ4n) is 2.02. The second-order valence-electron chi connectivity index (χ2n) is 5.08. The number of primary amides is 1. The van der Waals surface area contributed by atoms with Crippen LogP contribution in [0.25, 0.3) is 0 Å². The van der Waals surface area contributed by atoms with Gasteiger partial charge in [-0.2, -0.15) is 0 Å². The van der Waals surface area contributed by atoms with E-state index in [2.05, 4.69) is 5.32 Å². The molecule has 0 saturated heterocycles. The van der Waals surface area contributed by atoms with Crippen molar-refractivity contribution in [3.63, 3.8) is 0 Å². The van der Waals surface area contributed by atoms with Gasteiger partial charge in [0.25, 0.3) is 0 Å². The molecular formula is C15H24N2O4. The third-order valence-electron chi connectivity index (χ3n) is 3.06. The Kier molecular flexibility index (Phi) is 6.30. The van der Waals surface area contributed by atoms with Crippen molar-refractivity contribution in [3.05, 3.63) is 17.7 Å². The molecule has 6 nitrogen and oxygen atoms in total. The third kappa shape index (κ3) is 4.26. The maximum Gasteiger partial charge on any atom is 0.239 e. The van der Waals surface area contributed by atoms with Crippen molar-refractivity contribution in [2.24, 2.45) is 11.7 Å². The van der Waals surface area contributed by atoms with E-state index in [-0.39, 0.29) is 0 Å². The molecule has 0 saturated carbocycles. The van der Waals surface area contributed by atoms with Crippen LogP contribution in [-0.2, 0) is 4.79 Å². The fourth-order valence-corrected chi connectivity index (χ4v) is 2.02. The summed E-state index contributed by atoms with van der Waals surface area (Å²) in [6, 6.07) is 2.71. The second kappa shape index (κ2) is 7.73. The zero-order valence-corrected chi connectivity index (χ0v) is 13.2. The molecule has 1 unspecified atom stereocenters. The van der Waals surface area contributed by atoms with E-state index < -0.39 is 11.9 Å². The van der Waals surface area contributed by atoms with E-state index in [0.29, 0.717) is 35.3 Å². The van der Waals surface area contributed by atoms with E-state index in [0.717, 1.165) is 0 Å². The minimum Gasteiger partial charge on any atom is -0.496 e. The van der Waals surface area contributed by atoms with Crippen molar-refractivity contribution in [3.8, 4) is 17.2 Å². The van der Waals surface area contributed by atoms with Crippen molar-refractivity contribution in [2.75, 3.05) is 27.9 Å². The Labute approximate surface area is 125 Å². The first-order valence-electron chi connectivity index (χ1n) is 6.77. The van der Waals surface area contributed by atoms with Crippen molar-refractivity contribution in [1.82, 2.24) is 5.32 Å². The maximum absolute atomic E-state index is 11.8. The van der Waals surface area contributed by atoms with Crippen LogP contribution in [0.3, 0.4) is 0 Å². The minimum absolute atomic E-state index is 0.377. The van der Waals surface area contributed by atoms with Gasteiger partial charge in [0, 0.05) is 12.1 Å². The third-order valence-corrected chi connectivity index (χ3v) is 3.06. The van der Waals surface area contributed by atoms with E-state index in [9.17, 15) is 4.79 Å². The quantitative estimate of drug-likeness (QED) is 0.759. The molecule has 6 heteroatoms. The van der Waals surface area contributed by atoms with E-state index >= 15 is 0 Å². The van der Waals surface area contributed by atoms with Crippen LogP contribution in [0.2, 0.25) is 0 Å². The Morgan fingerprint density at radius 2 is 1.67 bits per heavy atom. The number of carbonyl (C=O) groups excluding carboxylic acids is 1. The summed E-state index contributed by atoms with van der Waals surface area (Å²) in [7, 11) is 4.60. The van der Waals surface area contributed by atoms with Crippen LogP contribution >= 0.6 is 0 Å². The van der Waals surface area contributed by atoms with Crippen LogP contribution in [0.1, 0.15) is 25.5 Å². The van der Waals surface area contributed by atoms with Gasteiger partial charge in [0.15, 0.2) is 0 Å². The van der Waals surface area contributed by atoms with Gasteiger partial charge in [0.05, 0.1) is 26.9 Å². The number of ether oxygens (including phenoxy) is 3. The molecule has 0 fully saturated rings. The summed E-state index contributed by atoms with van der Waals surface area (Å²) in [5, 5.41) is 3.15. The van der Waals surface area contributed by atoms with Gasteiger partial charge in [-0.15, -0.1) is 0 Å². The molecule has 0 heterocycles. The SMILES string of the molecule is COc1cc(OC)c(C(NCC(C)C)C(N)=O)c(OC)c1. The molecule has 0 bridgehead atoms. The number of hydrogen-bond acceptors (Lipinski definition) is 5. The average molecular weight is 296 g/mol. The Hall–Kier alpha value is -1.95. The highest BCUT2D eigenvalue weighted by Gasteiger charge is 2.26. The normalized spacial score (nSPS) is 12.1. The van der Waals surface area contributed by atoms with Gasteiger partial charge in [0.2, 0.25) is 5.91 Å². The summed E-state index contributed by atoms with van der Waals surface area (Å²) in [4.78, 5) is 11.8. The number of amides is 1.